The molecule has 4 aliphatic carbocycles. The molecule has 0 unspecified atom stereocenters. The van der Waals surface area contributed by atoms with Crippen LogP contribution in [0.2, 0.25) is 0 Å². The van der Waals surface area contributed by atoms with Crippen LogP contribution >= 0.6 is 0 Å². The number of hydrogen-bond donors (Lipinski definition) is 1. The topological polar surface area (TPSA) is 20.2 Å². The van der Waals surface area contributed by atoms with Crippen molar-refractivity contribution >= 4 is 5.57 Å². The number of fused-ring (bicyclic) bond motifs is 5. The van der Waals surface area contributed by atoms with Crippen LogP contribution in [0.1, 0.15) is 97.5 Å². The minimum atomic E-state index is -0.0916. The van der Waals surface area contributed by atoms with Gasteiger partial charge in [0, 0.05) is 0 Å². The number of rotatable bonds is 5. The minimum absolute atomic E-state index is 0.0916. The van der Waals surface area contributed by atoms with E-state index in [2.05, 4.69) is 70.2 Å². The summed E-state index contributed by atoms with van der Waals surface area (Å²) in [7, 11) is 0. The monoisotopic (exact) mass is 446 g/mol. The summed E-state index contributed by atoms with van der Waals surface area (Å²) < 4.78 is 0. The molecule has 0 aliphatic heterocycles. The fraction of sp³-hybridized carbons (Fsp3) is 0.688. The highest BCUT2D eigenvalue weighted by molar-refractivity contribution is 5.63. The highest BCUT2D eigenvalue weighted by Gasteiger charge is 2.59. The molecule has 4 aliphatic rings. The molecule has 8 atom stereocenters. The number of aliphatic hydroxyl groups is 1. The zero-order valence-corrected chi connectivity index (χ0v) is 21.5. The van der Waals surface area contributed by atoms with Crippen LogP contribution in [0.25, 0.3) is 5.57 Å². The summed E-state index contributed by atoms with van der Waals surface area (Å²) in [5, 5.41) is 10.3. The van der Waals surface area contributed by atoms with Crippen LogP contribution in [0.4, 0.5) is 0 Å². The molecule has 1 aromatic rings. The largest absolute Gasteiger partial charge is 0.393 e. The normalized spacial score (nSPS) is 41.5. The second kappa shape index (κ2) is 9.03. The fourth-order valence-corrected chi connectivity index (χ4v) is 9.20. The van der Waals surface area contributed by atoms with Crippen LogP contribution in [-0.4, -0.2) is 11.2 Å². The predicted molar refractivity (Wildman–Crippen MR) is 140 cm³/mol. The molecule has 0 saturated heterocycles. The molecule has 5 rings (SSSR count). The van der Waals surface area contributed by atoms with E-state index in [9.17, 15) is 5.11 Å². The second-order valence-electron chi connectivity index (χ2n) is 12.7. The SMILES string of the molecule is C/C(=C\CC[C@@H](C)[C@H]1CC[C@H]2[C@@H]3CC=C4C[C@H](O)CC[C@]4(C)[C@H]3CC[C@]12C)c1ccccc1. The van der Waals surface area contributed by atoms with E-state index in [0.717, 1.165) is 42.4 Å². The summed E-state index contributed by atoms with van der Waals surface area (Å²) in [6, 6.07) is 10.8. The van der Waals surface area contributed by atoms with Gasteiger partial charge in [0.25, 0.3) is 0 Å². The third-order valence-electron chi connectivity index (χ3n) is 11.1. The molecule has 0 amide bonds. The zero-order chi connectivity index (χ0) is 23.2. The summed E-state index contributed by atoms with van der Waals surface area (Å²) in [5.41, 5.74) is 5.30. The van der Waals surface area contributed by atoms with Gasteiger partial charge in [-0.05, 0) is 123 Å². The molecule has 180 valence electrons. The maximum Gasteiger partial charge on any atom is 0.0577 e. The molecular formula is C32H46O. The van der Waals surface area contributed by atoms with E-state index in [4.69, 9.17) is 0 Å². The average molecular weight is 447 g/mol. The third-order valence-corrected chi connectivity index (χ3v) is 11.1. The van der Waals surface area contributed by atoms with Crippen molar-refractivity contribution in [3.63, 3.8) is 0 Å². The van der Waals surface area contributed by atoms with Crippen molar-refractivity contribution in [2.75, 3.05) is 0 Å². The van der Waals surface area contributed by atoms with E-state index in [0.29, 0.717) is 10.8 Å². The quantitative estimate of drug-likeness (QED) is 0.450. The molecule has 1 heteroatoms. The number of aliphatic hydroxyl groups excluding tert-OH is 1. The molecule has 1 nitrogen and oxygen atoms in total. The van der Waals surface area contributed by atoms with Crippen molar-refractivity contribution < 1.29 is 5.11 Å². The highest BCUT2D eigenvalue weighted by Crippen LogP contribution is 2.67. The van der Waals surface area contributed by atoms with Gasteiger partial charge in [-0.2, -0.15) is 0 Å². The molecule has 1 aromatic carbocycles. The summed E-state index contributed by atoms with van der Waals surface area (Å²) in [4.78, 5) is 0. The van der Waals surface area contributed by atoms with E-state index in [1.807, 2.05) is 0 Å². The highest BCUT2D eigenvalue weighted by atomic mass is 16.3. The van der Waals surface area contributed by atoms with E-state index in [1.165, 1.54) is 62.5 Å². The molecule has 0 radical (unpaired) electrons. The molecule has 3 saturated carbocycles. The Labute approximate surface area is 202 Å². The van der Waals surface area contributed by atoms with E-state index < -0.39 is 0 Å². The lowest BCUT2D eigenvalue weighted by molar-refractivity contribution is -0.0570. The Balaban J connectivity index is 1.26. The van der Waals surface area contributed by atoms with Gasteiger partial charge in [-0.3, -0.25) is 0 Å². The Morgan fingerprint density at radius 2 is 1.85 bits per heavy atom. The maximum atomic E-state index is 10.3. The van der Waals surface area contributed by atoms with Crippen LogP contribution in [-0.2, 0) is 0 Å². The van der Waals surface area contributed by atoms with Gasteiger partial charge in [0.2, 0.25) is 0 Å². The predicted octanol–water partition coefficient (Wildman–Crippen LogP) is 8.45. The van der Waals surface area contributed by atoms with Gasteiger partial charge in [-0.25, -0.2) is 0 Å². The van der Waals surface area contributed by atoms with Crippen molar-refractivity contribution in [3.8, 4) is 0 Å². The lowest BCUT2D eigenvalue weighted by Crippen LogP contribution is -2.50. The van der Waals surface area contributed by atoms with E-state index in [-0.39, 0.29) is 6.10 Å². The van der Waals surface area contributed by atoms with Crippen LogP contribution in [0.3, 0.4) is 0 Å². The summed E-state index contributed by atoms with van der Waals surface area (Å²) in [6.07, 6.45) is 17.7. The van der Waals surface area contributed by atoms with Crippen LogP contribution < -0.4 is 0 Å². The number of hydrogen-bond acceptors (Lipinski definition) is 1. The summed E-state index contributed by atoms with van der Waals surface area (Å²) in [5.74, 6) is 4.34. The Hall–Kier alpha value is -1.34. The van der Waals surface area contributed by atoms with E-state index in [1.54, 1.807) is 5.57 Å². The zero-order valence-electron chi connectivity index (χ0n) is 21.5. The molecule has 3 fully saturated rings. The summed E-state index contributed by atoms with van der Waals surface area (Å²) >= 11 is 0. The molecular weight excluding hydrogens is 400 g/mol. The van der Waals surface area contributed by atoms with Gasteiger partial charge < -0.3 is 5.11 Å². The van der Waals surface area contributed by atoms with Gasteiger partial charge in [-0.1, -0.05) is 68.8 Å². The fourth-order valence-electron chi connectivity index (χ4n) is 9.20. The Morgan fingerprint density at radius 3 is 2.64 bits per heavy atom. The van der Waals surface area contributed by atoms with Crippen LogP contribution in [0.15, 0.2) is 48.1 Å². The van der Waals surface area contributed by atoms with Crippen LogP contribution in [0, 0.1) is 40.4 Å². The molecule has 0 bridgehead atoms. The average Bonchev–Trinajstić information content (AvgIpc) is 3.17. The lowest BCUT2D eigenvalue weighted by atomic mass is 9.47. The molecule has 0 heterocycles. The van der Waals surface area contributed by atoms with Crippen molar-refractivity contribution in [2.45, 2.75) is 98.0 Å². The van der Waals surface area contributed by atoms with Crippen LogP contribution in [0.5, 0.6) is 0 Å². The molecule has 1 N–H and O–H groups in total. The van der Waals surface area contributed by atoms with Crippen molar-refractivity contribution in [1.29, 1.82) is 0 Å². The number of allylic oxidation sites excluding steroid dienone is 3. The second-order valence-corrected chi connectivity index (χ2v) is 12.7. The van der Waals surface area contributed by atoms with Gasteiger partial charge in [-0.15, -0.1) is 0 Å². The molecule has 0 aromatic heterocycles. The Morgan fingerprint density at radius 1 is 1.06 bits per heavy atom. The number of benzene rings is 1. The minimum Gasteiger partial charge on any atom is -0.393 e. The molecule has 33 heavy (non-hydrogen) atoms. The van der Waals surface area contributed by atoms with Crippen molar-refractivity contribution in [2.24, 2.45) is 40.4 Å². The smallest absolute Gasteiger partial charge is 0.0577 e. The van der Waals surface area contributed by atoms with Crippen molar-refractivity contribution in [1.82, 2.24) is 0 Å². The Kier molecular flexibility index (Phi) is 6.40. The van der Waals surface area contributed by atoms with Gasteiger partial charge >= 0.3 is 0 Å². The Bertz CT molecular complexity index is 896. The first-order valence-electron chi connectivity index (χ1n) is 13.9. The van der Waals surface area contributed by atoms with Gasteiger partial charge in [0.15, 0.2) is 0 Å². The van der Waals surface area contributed by atoms with Gasteiger partial charge in [0.05, 0.1) is 6.10 Å². The lowest BCUT2D eigenvalue weighted by Gasteiger charge is -2.58. The standard InChI is InChI=1S/C32H46O/c1-22(24-11-6-5-7-12-24)9-8-10-23(2)28-15-16-29-27-14-13-25-21-26(33)17-19-31(25,3)30(27)18-20-32(28,29)4/h5-7,9,11-13,23,26-30,33H,8,10,14-21H2,1-4H3/b22-9+/t23-,26-,27+,28-,29+,30+,31+,32-/m1/s1. The summed E-state index contributed by atoms with van der Waals surface area (Å²) in [6.45, 7) is 10.1. The molecule has 0 spiro atoms. The first kappa shape index (κ1) is 23.4. The third kappa shape index (κ3) is 4.07. The van der Waals surface area contributed by atoms with Crippen molar-refractivity contribution in [3.05, 3.63) is 53.6 Å². The first-order chi connectivity index (χ1) is 15.8. The van der Waals surface area contributed by atoms with E-state index >= 15 is 0 Å². The maximum absolute atomic E-state index is 10.3. The van der Waals surface area contributed by atoms with Gasteiger partial charge in [0.1, 0.15) is 0 Å². The first-order valence-corrected chi connectivity index (χ1v) is 13.9.